The second-order valence-corrected chi connectivity index (χ2v) is 4.04. The molecule has 0 saturated heterocycles. The fraction of sp³-hybridized carbons (Fsp3) is 1.00. The van der Waals surface area contributed by atoms with Crippen molar-refractivity contribution in [1.82, 2.24) is 5.32 Å². The molecule has 0 unspecified atom stereocenters. The highest BCUT2D eigenvalue weighted by Gasteiger charge is 2.19. The van der Waals surface area contributed by atoms with Gasteiger partial charge in [0.05, 0.1) is 6.61 Å². The van der Waals surface area contributed by atoms with Gasteiger partial charge in [-0.2, -0.15) is 0 Å². The van der Waals surface area contributed by atoms with E-state index in [4.69, 9.17) is 14.2 Å². The highest BCUT2D eigenvalue weighted by molar-refractivity contribution is 4.77. The third kappa shape index (κ3) is 7.73. The maximum absolute atomic E-state index is 5.43. The molecular formula is C11H25NO3. The maximum atomic E-state index is 5.43. The Morgan fingerprint density at radius 3 is 2.07 bits per heavy atom. The second kappa shape index (κ2) is 8.05. The molecule has 4 heteroatoms. The molecule has 0 radical (unpaired) electrons. The largest absolute Gasteiger partial charge is 0.383 e. The molecule has 0 aliphatic carbocycles. The lowest BCUT2D eigenvalue weighted by Gasteiger charge is -2.28. The van der Waals surface area contributed by atoms with E-state index in [0.717, 1.165) is 0 Å². The van der Waals surface area contributed by atoms with Gasteiger partial charge in [-0.1, -0.05) is 0 Å². The predicted octanol–water partition coefficient (Wildman–Crippen LogP) is 1.40. The number of hydrogen-bond acceptors (Lipinski definition) is 4. The van der Waals surface area contributed by atoms with Gasteiger partial charge in [-0.25, -0.2) is 0 Å². The summed E-state index contributed by atoms with van der Waals surface area (Å²) in [7, 11) is 1.70. The molecule has 0 heterocycles. The molecule has 0 spiro atoms. The number of methoxy groups -OCH3 is 1. The van der Waals surface area contributed by atoms with Crippen molar-refractivity contribution in [2.24, 2.45) is 0 Å². The minimum Gasteiger partial charge on any atom is -0.383 e. The summed E-state index contributed by atoms with van der Waals surface area (Å²) in [5.41, 5.74) is -0.0544. The molecule has 0 fully saturated rings. The summed E-state index contributed by atoms with van der Waals surface area (Å²) in [5.74, 6) is 0. The Balaban J connectivity index is 3.85. The van der Waals surface area contributed by atoms with E-state index >= 15 is 0 Å². The molecule has 4 nitrogen and oxygen atoms in total. The highest BCUT2D eigenvalue weighted by Crippen LogP contribution is 2.03. The topological polar surface area (TPSA) is 39.7 Å². The Hall–Kier alpha value is -0.160. The Kier molecular flexibility index (Phi) is 7.96. The van der Waals surface area contributed by atoms with Crippen molar-refractivity contribution in [2.45, 2.75) is 39.5 Å². The molecule has 0 aliphatic rings. The minimum absolute atomic E-state index is 0.0544. The molecular weight excluding hydrogens is 194 g/mol. The van der Waals surface area contributed by atoms with Gasteiger partial charge in [0.1, 0.15) is 0 Å². The zero-order valence-corrected chi connectivity index (χ0v) is 10.6. The maximum Gasteiger partial charge on any atom is 0.169 e. The van der Waals surface area contributed by atoms with Crippen LogP contribution >= 0.6 is 0 Å². The molecule has 0 aromatic heterocycles. The third-order valence-electron chi connectivity index (χ3n) is 1.96. The second-order valence-electron chi connectivity index (χ2n) is 4.04. The van der Waals surface area contributed by atoms with Crippen molar-refractivity contribution in [1.29, 1.82) is 0 Å². The first-order valence-electron chi connectivity index (χ1n) is 5.53. The van der Waals surface area contributed by atoms with Crippen molar-refractivity contribution in [3.8, 4) is 0 Å². The van der Waals surface area contributed by atoms with Gasteiger partial charge in [-0.05, 0) is 27.7 Å². The summed E-state index contributed by atoms with van der Waals surface area (Å²) >= 11 is 0. The summed E-state index contributed by atoms with van der Waals surface area (Å²) < 4.78 is 16.0. The monoisotopic (exact) mass is 219 g/mol. The van der Waals surface area contributed by atoms with Crippen molar-refractivity contribution >= 4 is 0 Å². The first kappa shape index (κ1) is 14.8. The molecule has 0 amide bonds. The van der Waals surface area contributed by atoms with E-state index in [1.54, 1.807) is 7.11 Å². The lowest BCUT2D eigenvalue weighted by Crippen LogP contribution is -2.47. The standard InChI is InChI=1S/C11H25NO3/c1-6-14-10(15-7-2)8-12-11(3,4)9-13-5/h10,12H,6-9H2,1-5H3. The van der Waals surface area contributed by atoms with Crippen LogP contribution in [0.25, 0.3) is 0 Å². The Morgan fingerprint density at radius 2 is 1.67 bits per heavy atom. The number of nitrogens with one attached hydrogen (secondary N) is 1. The van der Waals surface area contributed by atoms with Crippen LogP contribution < -0.4 is 5.32 Å². The van der Waals surface area contributed by atoms with Crippen LogP contribution in [0.5, 0.6) is 0 Å². The summed E-state index contributed by atoms with van der Waals surface area (Å²) in [4.78, 5) is 0. The Morgan fingerprint density at radius 1 is 1.13 bits per heavy atom. The molecule has 0 aliphatic heterocycles. The molecule has 0 aromatic rings. The van der Waals surface area contributed by atoms with Crippen LogP contribution in [-0.2, 0) is 14.2 Å². The van der Waals surface area contributed by atoms with Gasteiger partial charge in [0, 0.05) is 32.4 Å². The average Bonchev–Trinajstić information content (AvgIpc) is 2.15. The molecule has 0 aromatic carbocycles. The normalized spacial score (nSPS) is 12.4. The average molecular weight is 219 g/mol. The van der Waals surface area contributed by atoms with Crippen LogP contribution in [0.1, 0.15) is 27.7 Å². The Bertz CT molecular complexity index is 145. The van der Waals surface area contributed by atoms with Crippen LogP contribution in [0.4, 0.5) is 0 Å². The number of hydrogen-bond donors (Lipinski definition) is 1. The summed E-state index contributed by atoms with van der Waals surface area (Å²) in [6.07, 6.45) is -0.170. The van der Waals surface area contributed by atoms with E-state index in [1.807, 2.05) is 13.8 Å². The minimum atomic E-state index is -0.170. The first-order chi connectivity index (χ1) is 7.05. The van der Waals surface area contributed by atoms with Gasteiger partial charge < -0.3 is 19.5 Å². The zero-order chi connectivity index (χ0) is 11.7. The van der Waals surface area contributed by atoms with Crippen LogP contribution in [-0.4, -0.2) is 45.3 Å². The molecule has 0 atom stereocenters. The number of rotatable bonds is 9. The van der Waals surface area contributed by atoms with Gasteiger partial charge >= 0.3 is 0 Å². The molecule has 0 bridgehead atoms. The SMILES string of the molecule is CCOC(CNC(C)(C)COC)OCC. The first-order valence-corrected chi connectivity index (χ1v) is 5.53. The van der Waals surface area contributed by atoms with E-state index in [1.165, 1.54) is 0 Å². The molecule has 1 N–H and O–H groups in total. The van der Waals surface area contributed by atoms with Crippen LogP contribution in [0, 0.1) is 0 Å². The van der Waals surface area contributed by atoms with E-state index in [2.05, 4.69) is 19.2 Å². The molecule has 0 rings (SSSR count). The van der Waals surface area contributed by atoms with Crippen LogP contribution in [0.15, 0.2) is 0 Å². The lowest BCUT2D eigenvalue weighted by atomic mass is 10.1. The summed E-state index contributed by atoms with van der Waals surface area (Å²) in [6, 6.07) is 0. The van der Waals surface area contributed by atoms with E-state index < -0.39 is 0 Å². The molecule has 92 valence electrons. The molecule has 15 heavy (non-hydrogen) atoms. The van der Waals surface area contributed by atoms with Gasteiger partial charge in [-0.3, -0.25) is 0 Å². The van der Waals surface area contributed by atoms with E-state index in [9.17, 15) is 0 Å². The van der Waals surface area contributed by atoms with Gasteiger partial charge in [0.25, 0.3) is 0 Å². The van der Waals surface area contributed by atoms with Crippen molar-refractivity contribution < 1.29 is 14.2 Å². The van der Waals surface area contributed by atoms with Gasteiger partial charge in [0.2, 0.25) is 0 Å². The quantitative estimate of drug-likeness (QED) is 0.595. The van der Waals surface area contributed by atoms with Crippen molar-refractivity contribution in [2.75, 3.05) is 33.5 Å². The van der Waals surface area contributed by atoms with Crippen LogP contribution in [0.3, 0.4) is 0 Å². The number of ether oxygens (including phenoxy) is 3. The summed E-state index contributed by atoms with van der Waals surface area (Å²) in [5, 5.41) is 3.35. The van der Waals surface area contributed by atoms with E-state index in [0.29, 0.717) is 26.4 Å². The fourth-order valence-corrected chi connectivity index (χ4v) is 1.31. The highest BCUT2D eigenvalue weighted by atomic mass is 16.7. The zero-order valence-electron chi connectivity index (χ0n) is 10.6. The fourth-order valence-electron chi connectivity index (χ4n) is 1.31. The third-order valence-corrected chi connectivity index (χ3v) is 1.96. The smallest absolute Gasteiger partial charge is 0.169 e. The lowest BCUT2D eigenvalue weighted by molar-refractivity contribution is -0.135. The van der Waals surface area contributed by atoms with Crippen LogP contribution in [0.2, 0.25) is 0 Å². The summed E-state index contributed by atoms with van der Waals surface area (Å²) in [6.45, 7) is 10.8. The predicted molar refractivity (Wildman–Crippen MR) is 61.0 cm³/mol. The van der Waals surface area contributed by atoms with Crippen molar-refractivity contribution in [3.63, 3.8) is 0 Å². The molecule has 0 saturated carbocycles. The van der Waals surface area contributed by atoms with Gasteiger partial charge in [-0.15, -0.1) is 0 Å². The van der Waals surface area contributed by atoms with Crippen molar-refractivity contribution in [3.05, 3.63) is 0 Å². The van der Waals surface area contributed by atoms with Gasteiger partial charge in [0.15, 0.2) is 6.29 Å². The van der Waals surface area contributed by atoms with E-state index in [-0.39, 0.29) is 11.8 Å². The Labute approximate surface area is 93.3 Å².